The molecule has 1 aromatic carbocycles. The Kier molecular flexibility index (Phi) is 4.42. The van der Waals surface area contributed by atoms with E-state index in [1.165, 1.54) is 6.07 Å². The molecule has 3 heteroatoms. The lowest BCUT2D eigenvalue weighted by Gasteiger charge is -2.25. The maximum atomic E-state index is 13.2. The van der Waals surface area contributed by atoms with Crippen molar-refractivity contribution < 1.29 is 4.39 Å². The molecule has 0 spiro atoms. The molecule has 15 heavy (non-hydrogen) atoms. The zero-order chi connectivity index (χ0) is 11.5. The molecule has 0 aromatic heterocycles. The molecule has 84 valence electrons. The van der Waals surface area contributed by atoms with Crippen molar-refractivity contribution in [1.29, 1.82) is 0 Å². The van der Waals surface area contributed by atoms with Gasteiger partial charge in [0, 0.05) is 5.88 Å². The first-order chi connectivity index (χ1) is 7.00. The molecule has 0 aliphatic carbocycles. The molecule has 0 aliphatic rings. The zero-order valence-electron chi connectivity index (χ0n) is 8.99. The molecule has 0 saturated carbocycles. The minimum atomic E-state index is -0.359. The van der Waals surface area contributed by atoms with Crippen molar-refractivity contribution in [3.8, 4) is 0 Å². The smallest absolute Gasteiger partial charge is 0.142 e. The van der Waals surface area contributed by atoms with E-state index in [1.807, 2.05) is 6.07 Å². The Hall–Kier alpha value is -0.270. The zero-order valence-corrected chi connectivity index (χ0v) is 10.5. The van der Waals surface area contributed by atoms with E-state index in [4.69, 9.17) is 23.2 Å². The molecule has 1 unspecified atom stereocenters. The van der Waals surface area contributed by atoms with Gasteiger partial charge in [-0.2, -0.15) is 0 Å². The average Bonchev–Trinajstić information content (AvgIpc) is 2.23. The number of alkyl halides is 1. The predicted molar refractivity (Wildman–Crippen MR) is 64.2 cm³/mol. The molecule has 0 nitrogen and oxygen atoms in total. The van der Waals surface area contributed by atoms with Crippen molar-refractivity contribution in [3.63, 3.8) is 0 Å². The van der Waals surface area contributed by atoms with Gasteiger partial charge in [-0.3, -0.25) is 0 Å². The molecule has 0 saturated heterocycles. The van der Waals surface area contributed by atoms with E-state index >= 15 is 0 Å². The van der Waals surface area contributed by atoms with Gasteiger partial charge in [0.25, 0.3) is 0 Å². The summed E-state index contributed by atoms with van der Waals surface area (Å²) in [5, 5.41) is 0.169. The van der Waals surface area contributed by atoms with Gasteiger partial charge in [0.05, 0.1) is 5.02 Å². The van der Waals surface area contributed by atoms with Crippen LogP contribution >= 0.6 is 23.2 Å². The normalized spacial score (nSPS) is 15.0. The average molecular weight is 249 g/mol. The minimum absolute atomic E-state index is 0.0296. The maximum Gasteiger partial charge on any atom is 0.142 e. The van der Waals surface area contributed by atoms with Crippen molar-refractivity contribution in [2.75, 3.05) is 5.88 Å². The van der Waals surface area contributed by atoms with Crippen molar-refractivity contribution in [3.05, 3.63) is 34.6 Å². The summed E-state index contributed by atoms with van der Waals surface area (Å²) in [5.41, 5.74) is 0.976. The third kappa shape index (κ3) is 3.35. The summed E-state index contributed by atoms with van der Waals surface area (Å²) in [6, 6.07) is 4.94. The van der Waals surface area contributed by atoms with Crippen LogP contribution < -0.4 is 0 Å². The lowest BCUT2D eigenvalue weighted by molar-refractivity contribution is 0.355. The fourth-order valence-corrected chi connectivity index (χ4v) is 1.81. The third-order valence-corrected chi connectivity index (χ3v) is 3.74. The highest BCUT2D eigenvalue weighted by Gasteiger charge is 2.21. The van der Waals surface area contributed by atoms with Crippen LogP contribution in [0.3, 0.4) is 0 Å². The second-order valence-electron chi connectivity index (χ2n) is 4.22. The predicted octanol–water partition coefficient (Wildman–Crippen LogP) is 4.68. The third-order valence-electron chi connectivity index (χ3n) is 2.79. The second-order valence-corrected chi connectivity index (χ2v) is 4.90. The molecule has 1 atom stereocenters. The number of hydrogen-bond donors (Lipinski definition) is 0. The summed E-state index contributed by atoms with van der Waals surface area (Å²) in [5.74, 6) is 0.218. The molecule has 0 amide bonds. The lowest BCUT2D eigenvalue weighted by Crippen LogP contribution is -2.20. The Bertz CT molecular complexity index is 332. The Labute approximate surface area is 100 Å². The fourth-order valence-electron chi connectivity index (χ4n) is 1.41. The first kappa shape index (κ1) is 12.8. The highest BCUT2D eigenvalue weighted by Crippen LogP contribution is 2.29. The summed E-state index contributed by atoms with van der Waals surface area (Å²) in [6.45, 7) is 4.20. The van der Waals surface area contributed by atoms with Crippen LogP contribution in [0.5, 0.6) is 0 Å². The quantitative estimate of drug-likeness (QED) is 0.680. The van der Waals surface area contributed by atoms with Gasteiger partial charge in [-0.1, -0.05) is 31.5 Å². The van der Waals surface area contributed by atoms with Gasteiger partial charge in [-0.05, 0) is 36.0 Å². The molecule has 1 rings (SSSR count). The Balaban J connectivity index is 2.85. The van der Waals surface area contributed by atoms with E-state index in [-0.39, 0.29) is 16.3 Å². The van der Waals surface area contributed by atoms with E-state index in [1.54, 1.807) is 6.07 Å². The van der Waals surface area contributed by atoms with E-state index in [9.17, 15) is 4.39 Å². The molecule has 0 heterocycles. The molecular formula is C12H15Cl2F. The van der Waals surface area contributed by atoms with Crippen LogP contribution in [0.1, 0.15) is 25.8 Å². The van der Waals surface area contributed by atoms with Crippen LogP contribution in [0, 0.1) is 11.2 Å². The minimum Gasteiger partial charge on any atom is -0.205 e. The number of rotatable bonds is 4. The van der Waals surface area contributed by atoms with Crippen molar-refractivity contribution in [2.45, 2.75) is 26.7 Å². The van der Waals surface area contributed by atoms with Gasteiger partial charge < -0.3 is 0 Å². The van der Waals surface area contributed by atoms with Crippen LogP contribution in [-0.2, 0) is 6.42 Å². The molecule has 0 fully saturated rings. The molecule has 0 bridgehead atoms. The first-order valence-electron chi connectivity index (χ1n) is 5.00. The Morgan fingerprint density at radius 2 is 2.07 bits per heavy atom. The SMILES string of the molecule is CCC(C)(CCl)Cc1ccc(Cl)c(F)c1. The van der Waals surface area contributed by atoms with Gasteiger partial charge in [-0.25, -0.2) is 4.39 Å². The lowest BCUT2D eigenvalue weighted by atomic mass is 9.83. The highest BCUT2D eigenvalue weighted by molar-refractivity contribution is 6.30. The van der Waals surface area contributed by atoms with Crippen LogP contribution in [0.15, 0.2) is 18.2 Å². The number of benzene rings is 1. The topological polar surface area (TPSA) is 0 Å². The van der Waals surface area contributed by atoms with Gasteiger partial charge in [0.15, 0.2) is 0 Å². The van der Waals surface area contributed by atoms with Crippen LogP contribution in [-0.4, -0.2) is 5.88 Å². The summed E-state index contributed by atoms with van der Waals surface area (Å²) in [4.78, 5) is 0. The number of hydrogen-bond acceptors (Lipinski definition) is 0. The molecule has 1 aromatic rings. The second kappa shape index (κ2) is 5.18. The van der Waals surface area contributed by atoms with Gasteiger partial charge in [0.1, 0.15) is 5.82 Å². The standard InChI is InChI=1S/C12H15Cl2F/c1-3-12(2,8-13)7-9-4-5-10(14)11(15)6-9/h4-6H,3,7-8H2,1-2H3. The van der Waals surface area contributed by atoms with Gasteiger partial charge in [0.2, 0.25) is 0 Å². The maximum absolute atomic E-state index is 13.2. The van der Waals surface area contributed by atoms with Gasteiger partial charge in [-0.15, -0.1) is 11.6 Å². The Morgan fingerprint density at radius 1 is 1.40 bits per heavy atom. The van der Waals surface area contributed by atoms with Crippen LogP contribution in [0.4, 0.5) is 4.39 Å². The monoisotopic (exact) mass is 248 g/mol. The van der Waals surface area contributed by atoms with E-state index < -0.39 is 0 Å². The van der Waals surface area contributed by atoms with E-state index in [0.717, 1.165) is 18.4 Å². The fraction of sp³-hybridized carbons (Fsp3) is 0.500. The van der Waals surface area contributed by atoms with Crippen molar-refractivity contribution >= 4 is 23.2 Å². The molecule has 0 N–H and O–H groups in total. The molecule has 0 radical (unpaired) electrons. The van der Waals surface area contributed by atoms with E-state index in [2.05, 4.69) is 13.8 Å². The summed E-state index contributed by atoms with van der Waals surface area (Å²) in [7, 11) is 0. The highest BCUT2D eigenvalue weighted by atomic mass is 35.5. The Morgan fingerprint density at radius 3 is 2.53 bits per heavy atom. The van der Waals surface area contributed by atoms with Gasteiger partial charge >= 0.3 is 0 Å². The summed E-state index contributed by atoms with van der Waals surface area (Å²) in [6.07, 6.45) is 1.75. The van der Waals surface area contributed by atoms with Crippen molar-refractivity contribution in [2.24, 2.45) is 5.41 Å². The van der Waals surface area contributed by atoms with E-state index in [0.29, 0.717) is 5.88 Å². The molecular weight excluding hydrogens is 234 g/mol. The van der Waals surface area contributed by atoms with Crippen LogP contribution in [0.25, 0.3) is 0 Å². The molecule has 0 aliphatic heterocycles. The largest absolute Gasteiger partial charge is 0.205 e. The number of halogens is 3. The first-order valence-corrected chi connectivity index (χ1v) is 5.92. The summed E-state index contributed by atoms with van der Waals surface area (Å²) >= 11 is 11.5. The van der Waals surface area contributed by atoms with Crippen molar-refractivity contribution in [1.82, 2.24) is 0 Å². The summed E-state index contributed by atoms with van der Waals surface area (Å²) < 4.78 is 13.2. The van der Waals surface area contributed by atoms with Crippen LogP contribution in [0.2, 0.25) is 5.02 Å².